The molecule has 1 atom stereocenters. The van der Waals surface area contributed by atoms with E-state index in [1.54, 1.807) is 6.92 Å². The third kappa shape index (κ3) is 6.17. The quantitative estimate of drug-likeness (QED) is 0.600. The van der Waals surface area contributed by atoms with E-state index in [0.717, 1.165) is 11.8 Å². The van der Waals surface area contributed by atoms with Gasteiger partial charge in [0.15, 0.2) is 0 Å². The van der Waals surface area contributed by atoms with Crippen molar-refractivity contribution in [1.82, 2.24) is 0 Å². The van der Waals surface area contributed by atoms with Crippen molar-refractivity contribution in [3.63, 3.8) is 0 Å². The van der Waals surface area contributed by atoms with Gasteiger partial charge in [-0.05, 0) is 18.4 Å². The molecule has 23 heavy (non-hydrogen) atoms. The maximum Gasteiger partial charge on any atom is 0.319 e. The molecule has 1 unspecified atom stereocenters. The van der Waals surface area contributed by atoms with Crippen LogP contribution in [0.1, 0.15) is 34.1 Å². The van der Waals surface area contributed by atoms with Crippen molar-refractivity contribution >= 4 is 29.3 Å². The molecule has 1 aromatic rings. The number of nitrogens with one attached hydrogen (secondary N) is 1. The molecule has 0 aliphatic carbocycles. The van der Waals surface area contributed by atoms with Crippen LogP contribution in [0.15, 0.2) is 17.0 Å². The second kappa shape index (κ2) is 8.86. The Morgan fingerprint density at radius 3 is 2.43 bits per heavy atom. The molecule has 1 amide bonds. The standard InChI is InChI=1S/C16H21F2NO3S/c1-5-14(16(21)22-8-9(2)3)23-15-7-13(19-10(4)20)11(17)6-12(15)18/h6-7,9,14H,5,8H2,1-4H3,(H,19,20). The smallest absolute Gasteiger partial charge is 0.319 e. The normalized spacial score (nSPS) is 12.1. The summed E-state index contributed by atoms with van der Waals surface area (Å²) in [6.45, 7) is 7.14. The number of esters is 1. The summed E-state index contributed by atoms with van der Waals surface area (Å²) in [4.78, 5) is 23.1. The van der Waals surface area contributed by atoms with Crippen LogP contribution in [0, 0.1) is 17.6 Å². The fourth-order valence-corrected chi connectivity index (χ4v) is 2.69. The maximum atomic E-state index is 13.9. The lowest BCUT2D eigenvalue weighted by atomic mass is 10.2. The monoisotopic (exact) mass is 345 g/mol. The molecule has 0 aliphatic rings. The summed E-state index contributed by atoms with van der Waals surface area (Å²) in [6, 6.07) is 1.88. The van der Waals surface area contributed by atoms with E-state index in [-0.39, 0.29) is 16.5 Å². The number of hydrogen-bond donors (Lipinski definition) is 1. The molecule has 0 fully saturated rings. The zero-order valence-electron chi connectivity index (χ0n) is 13.6. The number of amides is 1. The van der Waals surface area contributed by atoms with Gasteiger partial charge in [-0.15, -0.1) is 11.8 Å². The Kier molecular flexibility index (Phi) is 7.48. The average molecular weight is 345 g/mol. The molecule has 7 heteroatoms. The van der Waals surface area contributed by atoms with E-state index in [1.807, 2.05) is 13.8 Å². The van der Waals surface area contributed by atoms with E-state index in [9.17, 15) is 18.4 Å². The second-order valence-electron chi connectivity index (χ2n) is 5.48. The lowest BCUT2D eigenvalue weighted by Crippen LogP contribution is -2.21. The summed E-state index contributed by atoms with van der Waals surface area (Å²) >= 11 is 0.958. The fraction of sp³-hybridized carbons (Fsp3) is 0.500. The van der Waals surface area contributed by atoms with Crippen LogP contribution < -0.4 is 5.32 Å². The highest BCUT2D eigenvalue weighted by Crippen LogP contribution is 2.32. The number of halogens is 2. The first-order chi connectivity index (χ1) is 10.7. The van der Waals surface area contributed by atoms with E-state index in [0.29, 0.717) is 19.1 Å². The minimum Gasteiger partial charge on any atom is -0.465 e. The highest BCUT2D eigenvalue weighted by molar-refractivity contribution is 8.00. The van der Waals surface area contributed by atoms with Crippen LogP contribution in [0.3, 0.4) is 0 Å². The van der Waals surface area contributed by atoms with Gasteiger partial charge < -0.3 is 10.1 Å². The summed E-state index contributed by atoms with van der Waals surface area (Å²) < 4.78 is 32.7. The number of ether oxygens (including phenoxy) is 1. The average Bonchev–Trinajstić information content (AvgIpc) is 2.45. The highest BCUT2D eigenvalue weighted by atomic mass is 32.2. The molecule has 0 aliphatic heterocycles. The number of anilines is 1. The van der Waals surface area contributed by atoms with Crippen LogP contribution in [-0.2, 0) is 14.3 Å². The predicted octanol–water partition coefficient (Wildman–Crippen LogP) is 3.99. The molecule has 1 rings (SSSR count). The Morgan fingerprint density at radius 1 is 1.26 bits per heavy atom. The first-order valence-electron chi connectivity index (χ1n) is 7.34. The number of carbonyl (C=O) groups is 2. The van der Waals surface area contributed by atoms with Crippen molar-refractivity contribution in [2.24, 2.45) is 5.92 Å². The SMILES string of the molecule is CCC(Sc1cc(NC(C)=O)c(F)cc1F)C(=O)OCC(C)C. The number of hydrogen-bond acceptors (Lipinski definition) is 4. The number of rotatable bonds is 7. The highest BCUT2D eigenvalue weighted by Gasteiger charge is 2.22. The Hall–Kier alpha value is -1.63. The van der Waals surface area contributed by atoms with Gasteiger partial charge in [-0.3, -0.25) is 9.59 Å². The summed E-state index contributed by atoms with van der Waals surface area (Å²) in [5.74, 6) is -2.34. The van der Waals surface area contributed by atoms with Crippen molar-refractivity contribution < 1.29 is 23.1 Å². The summed E-state index contributed by atoms with van der Waals surface area (Å²) in [7, 11) is 0. The number of benzene rings is 1. The van der Waals surface area contributed by atoms with Gasteiger partial charge in [0.25, 0.3) is 0 Å². The molecule has 4 nitrogen and oxygen atoms in total. The van der Waals surface area contributed by atoms with Crippen LogP contribution >= 0.6 is 11.8 Å². The van der Waals surface area contributed by atoms with Gasteiger partial charge in [0, 0.05) is 17.9 Å². The van der Waals surface area contributed by atoms with Crippen LogP contribution in [0.25, 0.3) is 0 Å². The van der Waals surface area contributed by atoms with E-state index in [1.165, 1.54) is 13.0 Å². The molecule has 0 heterocycles. The first kappa shape index (κ1) is 19.4. The first-order valence-corrected chi connectivity index (χ1v) is 8.22. The van der Waals surface area contributed by atoms with Crippen molar-refractivity contribution in [3.8, 4) is 0 Å². The Morgan fingerprint density at radius 2 is 1.91 bits per heavy atom. The van der Waals surface area contributed by atoms with E-state index >= 15 is 0 Å². The van der Waals surface area contributed by atoms with Gasteiger partial charge >= 0.3 is 5.97 Å². The van der Waals surface area contributed by atoms with Crippen molar-refractivity contribution in [2.45, 2.75) is 44.3 Å². The third-order valence-corrected chi connectivity index (χ3v) is 4.17. The molecule has 0 saturated carbocycles. The molecule has 1 N–H and O–H groups in total. The lowest BCUT2D eigenvalue weighted by Gasteiger charge is -2.16. The molecule has 0 aromatic heterocycles. The van der Waals surface area contributed by atoms with Gasteiger partial charge in [0.2, 0.25) is 5.91 Å². The molecular formula is C16H21F2NO3S. The zero-order valence-corrected chi connectivity index (χ0v) is 14.4. The predicted molar refractivity (Wildman–Crippen MR) is 86.4 cm³/mol. The minimum atomic E-state index is -0.863. The number of thioether (sulfide) groups is 1. The summed E-state index contributed by atoms with van der Waals surface area (Å²) in [5, 5.41) is 1.69. The Bertz CT molecular complexity index is 579. The second-order valence-corrected chi connectivity index (χ2v) is 6.73. The minimum absolute atomic E-state index is 0.0866. The van der Waals surface area contributed by atoms with Gasteiger partial charge in [-0.2, -0.15) is 0 Å². The molecule has 128 valence electrons. The Labute approximate surface area is 139 Å². The molecule has 0 bridgehead atoms. The zero-order chi connectivity index (χ0) is 17.6. The largest absolute Gasteiger partial charge is 0.465 e. The van der Waals surface area contributed by atoms with E-state index in [4.69, 9.17) is 4.74 Å². The van der Waals surface area contributed by atoms with Gasteiger partial charge in [0.05, 0.1) is 12.3 Å². The topological polar surface area (TPSA) is 55.4 Å². The summed E-state index contributed by atoms with van der Waals surface area (Å²) in [6.07, 6.45) is 0.438. The maximum absolute atomic E-state index is 13.9. The molecule has 1 aromatic carbocycles. The van der Waals surface area contributed by atoms with Crippen molar-refractivity contribution in [3.05, 3.63) is 23.8 Å². The van der Waals surface area contributed by atoms with Crippen LogP contribution in [-0.4, -0.2) is 23.7 Å². The van der Waals surface area contributed by atoms with Gasteiger partial charge in [-0.1, -0.05) is 20.8 Å². The van der Waals surface area contributed by atoms with Gasteiger partial charge in [0.1, 0.15) is 16.9 Å². The summed E-state index contributed by atoms with van der Waals surface area (Å²) in [5.41, 5.74) is -0.119. The lowest BCUT2D eigenvalue weighted by molar-refractivity contribution is -0.144. The van der Waals surface area contributed by atoms with Crippen molar-refractivity contribution in [1.29, 1.82) is 0 Å². The van der Waals surface area contributed by atoms with E-state index in [2.05, 4.69) is 5.32 Å². The van der Waals surface area contributed by atoms with Crippen molar-refractivity contribution in [2.75, 3.05) is 11.9 Å². The molecule has 0 saturated heterocycles. The number of carbonyl (C=O) groups excluding carboxylic acids is 2. The fourth-order valence-electron chi connectivity index (χ4n) is 1.70. The molecule has 0 radical (unpaired) electrons. The Balaban J connectivity index is 2.92. The van der Waals surface area contributed by atoms with E-state index < -0.39 is 28.8 Å². The van der Waals surface area contributed by atoms with Crippen LogP contribution in [0.5, 0.6) is 0 Å². The van der Waals surface area contributed by atoms with Crippen LogP contribution in [0.2, 0.25) is 0 Å². The van der Waals surface area contributed by atoms with Gasteiger partial charge in [-0.25, -0.2) is 8.78 Å². The molecule has 0 spiro atoms. The molecular weight excluding hydrogens is 324 g/mol. The van der Waals surface area contributed by atoms with Crippen LogP contribution in [0.4, 0.5) is 14.5 Å². The third-order valence-electron chi connectivity index (χ3n) is 2.79.